The summed E-state index contributed by atoms with van der Waals surface area (Å²) < 4.78 is 6.15. The molecule has 0 radical (unpaired) electrons. The van der Waals surface area contributed by atoms with Crippen molar-refractivity contribution in [2.24, 2.45) is 0 Å². The molecular formula is C22H16BrNO3. The molecule has 134 valence electrons. The van der Waals surface area contributed by atoms with E-state index in [0.29, 0.717) is 17.8 Å². The summed E-state index contributed by atoms with van der Waals surface area (Å²) in [5.74, 6) is -0.177. The van der Waals surface area contributed by atoms with Crippen molar-refractivity contribution in [1.82, 2.24) is 0 Å². The number of hydrogen-bond acceptors (Lipinski definition) is 3. The van der Waals surface area contributed by atoms with Gasteiger partial charge >= 0.3 is 0 Å². The molecule has 0 atom stereocenters. The molecule has 0 saturated heterocycles. The van der Waals surface area contributed by atoms with Crippen molar-refractivity contribution >= 4 is 33.3 Å². The maximum atomic E-state index is 12.5. The third kappa shape index (κ3) is 3.26. The molecule has 0 aliphatic carbocycles. The Balaban J connectivity index is 1.67. The first-order valence-corrected chi connectivity index (χ1v) is 9.25. The first-order chi connectivity index (χ1) is 13.1. The Morgan fingerprint density at radius 2 is 1.56 bits per heavy atom. The number of Topliss-reactive ketones (excluding diaryl/α,β-unsaturated/α-hetero) is 1. The van der Waals surface area contributed by atoms with Gasteiger partial charge in [0.25, 0.3) is 11.7 Å². The fraction of sp³-hybridized carbons (Fsp3) is 0.0909. The summed E-state index contributed by atoms with van der Waals surface area (Å²) >= 11 is 3.40. The van der Waals surface area contributed by atoms with Crippen LogP contribution in [0.25, 0.3) is 11.1 Å². The van der Waals surface area contributed by atoms with Crippen LogP contribution in [0.3, 0.4) is 0 Å². The molecule has 1 aliphatic heterocycles. The Morgan fingerprint density at radius 1 is 0.889 bits per heavy atom. The number of anilines is 1. The Bertz CT molecular complexity index is 1030. The van der Waals surface area contributed by atoms with Crippen LogP contribution >= 0.6 is 15.9 Å². The predicted molar refractivity (Wildman–Crippen MR) is 108 cm³/mol. The quantitative estimate of drug-likeness (QED) is 0.565. The molecule has 5 heteroatoms. The molecular weight excluding hydrogens is 406 g/mol. The van der Waals surface area contributed by atoms with E-state index in [1.54, 1.807) is 18.1 Å². The highest BCUT2D eigenvalue weighted by atomic mass is 79.9. The minimum absolute atomic E-state index is 0.368. The van der Waals surface area contributed by atoms with Gasteiger partial charge in [-0.2, -0.15) is 0 Å². The zero-order valence-corrected chi connectivity index (χ0v) is 16.2. The number of halogens is 1. The van der Waals surface area contributed by atoms with Crippen LogP contribution in [0.5, 0.6) is 5.75 Å². The zero-order valence-electron chi connectivity index (χ0n) is 14.6. The number of benzene rings is 3. The minimum atomic E-state index is -0.486. The first-order valence-electron chi connectivity index (χ1n) is 8.46. The number of methoxy groups -OCH3 is 1. The highest BCUT2D eigenvalue weighted by Gasteiger charge is 2.35. The van der Waals surface area contributed by atoms with Gasteiger partial charge in [-0.25, -0.2) is 0 Å². The summed E-state index contributed by atoms with van der Waals surface area (Å²) in [4.78, 5) is 26.6. The molecule has 3 aromatic rings. The molecule has 27 heavy (non-hydrogen) atoms. The number of ether oxygens (including phenoxy) is 1. The number of carbonyl (C=O) groups is 2. The largest absolute Gasteiger partial charge is 0.497 e. The minimum Gasteiger partial charge on any atom is -0.497 e. The van der Waals surface area contributed by atoms with Gasteiger partial charge in [0.15, 0.2) is 0 Å². The van der Waals surface area contributed by atoms with Crippen molar-refractivity contribution in [3.8, 4) is 16.9 Å². The van der Waals surface area contributed by atoms with Gasteiger partial charge in [-0.05, 0) is 53.1 Å². The van der Waals surface area contributed by atoms with Crippen LogP contribution in [0.4, 0.5) is 5.69 Å². The van der Waals surface area contributed by atoms with Crippen LogP contribution in [0.2, 0.25) is 0 Å². The first kappa shape index (κ1) is 17.5. The Kier molecular flexibility index (Phi) is 4.54. The Hall–Kier alpha value is -2.92. The van der Waals surface area contributed by atoms with Crippen molar-refractivity contribution in [2.75, 3.05) is 12.0 Å². The molecule has 0 saturated carbocycles. The molecule has 0 N–H and O–H groups in total. The molecule has 1 aliphatic rings. The van der Waals surface area contributed by atoms with E-state index in [2.05, 4.69) is 15.9 Å². The van der Waals surface area contributed by atoms with Gasteiger partial charge in [0.2, 0.25) is 0 Å². The van der Waals surface area contributed by atoms with Gasteiger partial charge in [-0.1, -0.05) is 46.3 Å². The van der Waals surface area contributed by atoms with Gasteiger partial charge in [-0.3, -0.25) is 9.59 Å². The SMILES string of the molecule is COc1ccc(-c2ccc3c(c2)C(=O)C(=O)N3Cc2ccc(Br)cc2)cc1. The standard InChI is InChI=1S/C22H16BrNO3/c1-27-18-9-4-15(5-10-18)16-6-11-20-19(12-16)21(25)22(26)24(20)13-14-2-7-17(23)8-3-14/h2-12H,13H2,1H3. The highest BCUT2D eigenvalue weighted by molar-refractivity contribution is 9.10. The van der Waals surface area contributed by atoms with Crippen LogP contribution < -0.4 is 9.64 Å². The molecule has 1 heterocycles. The predicted octanol–water partition coefficient (Wildman–Crippen LogP) is 4.85. The van der Waals surface area contributed by atoms with Crippen molar-refractivity contribution in [1.29, 1.82) is 0 Å². The summed E-state index contributed by atoms with van der Waals surface area (Å²) in [6.45, 7) is 0.368. The molecule has 0 unspecified atom stereocenters. The monoisotopic (exact) mass is 421 g/mol. The third-order valence-electron chi connectivity index (χ3n) is 4.65. The fourth-order valence-electron chi connectivity index (χ4n) is 3.19. The molecule has 0 fully saturated rings. The number of ketones is 1. The maximum Gasteiger partial charge on any atom is 0.299 e. The molecule has 0 spiro atoms. The number of carbonyl (C=O) groups excluding carboxylic acids is 2. The zero-order chi connectivity index (χ0) is 19.0. The average Bonchev–Trinajstić information content (AvgIpc) is 2.94. The summed E-state index contributed by atoms with van der Waals surface area (Å²) in [7, 11) is 1.62. The second-order valence-electron chi connectivity index (χ2n) is 6.31. The van der Waals surface area contributed by atoms with E-state index >= 15 is 0 Å². The van der Waals surface area contributed by atoms with Crippen LogP contribution in [-0.4, -0.2) is 18.8 Å². The lowest BCUT2D eigenvalue weighted by Gasteiger charge is -2.17. The summed E-state index contributed by atoms with van der Waals surface area (Å²) in [5.41, 5.74) is 3.93. The van der Waals surface area contributed by atoms with Gasteiger partial charge < -0.3 is 9.64 Å². The number of nitrogens with zero attached hydrogens (tertiary/aromatic N) is 1. The van der Waals surface area contributed by atoms with E-state index in [1.165, 1.54) is 0 Å². The lowest BCUT2D eigenvalue weighted by Crippen LogP contribution is -2.29. The van der Waals surface area contributed by atoms with Gasteiger partial charge in [0.05, 0.1) is 24.9 Å². The van der Waals surface area contributed by atoms with Crippen LogP contribution in [0.1, 0.15) is 15.9 Å². The molecule has 1 amide bonds. The maximum absolute atomic E-state index is 12.5. The van der Waals surface area contributed by atoms with E-state index in [0.717, 1.165) is 26.9 Å². The van der Waals surface area contributed by atoms with Gasteiger partial charge in [-0.15, -0.1) is 0 Å². The van der Waals surface area contributed by atoms with Crippen molar-refractivity contribution in [2.45, 2.75) is 6.54 Å². The number of amides is 1. The van der Waals surface area contributed by atoms with E-state index in [9.17, 15) is 9.59 Å². The average molecular weight is 422 g/mol. The number of rotatable bonds is 4. The smallest absolute Gasteiger partial charge is 0.299 e. The second-order valence-corrected chi connectivity index (χ2v) is 7.22. The molecule has 3 aromatic carbocycles. The fourth-order valence-corrected chi connectivity index (χ4v) is 3.46. The normalized spacial score (nSPS) is 13.0. The molecule has 4 rings (SSSR count). The lowest BCUT2D eigenvalue weighted by molar-refractivity contribution is -0.114. The molecule has 4 nitrogen and oxygen atoms in total. The third-order valence-corrected chi connectivity index (χ3v) is 5.18. The van der Waals surface area contributed by atoms with E-state index < -0.39 is 11.7 Å². The van der Waals surface area contributed by atoms with Crippen LogP contribution in [0, 0.1) is 0 Å². The summed E-state index contributed by atoms with van der Waals surface area (Å²) in [6.07, 6.45) is 0. The Labute approximate surface area is 165 Å². The Morgan fingerprint density at radius 3 is 2.22 bits per heavy atom. The number of hydrogen-bond donors (Lipinski definition) is 0. The van der Waals surface area contributed by atoms with E-state index in [4.69, 9.17) is 4.74 Å². The van der Waals surface area contributed by atoms with E-state index in [-0.39, 0.29) is 0 Å². The van der Waals surface area contributed by atoms with Gasteiger partial charge in [0, 0.05) is 4.47 Å². The van der Waals surface area contributed by atoms with Crippen molar-refractivity contribution in [3.63, 3.8) is 0 Å². The topological polar surface area (TPSA) is 46.6 Å². The van der Waals surface area contributed by atoms with Crippen molar-refractivity contribution in [3.05, 3.63) is 82.3 Å². The molecule has 0 bridgehead atoms. The second kappa shape index (κ2) is 7.00. The lowest BCUT2D eigenvalue weighted by atomic mass is 10.0. The summed E-state index contributed by atoms with van der Waals surface area (Å²) in [6, 6.07) is 20.9. The summed E-state index contributed by atoms with van der Waals surface area (Å²) in [5, 5.41) is 0. The van der Waals surface area contributed by atoms with Crippen LogP contribution in [-0.2, 0) is 11.3 Å². The van der Waals surface area contributed by atoms with Gasteiger partial charge in [0.1, 0.15) is 5.75 Å². The molecule has 0 aromatic heterocycles. The van der Waals surface area contributed by atoms with Crippen molar-refractivity contribution < 1.29 is 14.3 Å². The number of fused-ring (bicyclic) bond motifs is 1. The van der Waals surface area contributed by atoms with Crippen LogP contribution in [0.15, 0.2) is 71.2 Å². The van der Waals surface area contributed by atoms with E-state index in [1.807, 2.05) is 60.7 Å². The highest BCUT2D eigenvalue weighted by Crippen LogP contribution is 2.34.